The SMILES string of the molecule is CCC(CC)(CO)CNC(C)C(=O)N(C)C. The van der Waals surface area contributed by atoms with Gasteiger partial charge in [-0.1, -0.05) is 13.8 Å². The maximum absolute atomic E-state index is 11.6. The van der Waals surface area contributed by atoms with Crippen molar-refractivity contribution in [2.24, 2.45) is 5.41 Å². The standard InChI is InChI=1S/C12H26N2O2/c1-6-12(7-2,9-15)8-13-10(3)11(16)14(4)5/h10,13,15H,6-9H2,1-5H3. The fourth-order valence-electron chi connectivity index (χ4n) is 1.62. The number of amides is 1. The summed E-state index contributed by atoms with van der Waals surface area (Å²) in [6.45, 7) is 6.84. The van der Waals surface area contributed by atoms with Crippen molar-refractivity contribution in [3.8, 4) is 0 Å². The maximum Gasteiger partial charge on any atom is 0.238 e. The van der Waals surface area contributed by atoms with E-state index in [2.05, 4.69) is 19.2 Å². The zero-order valence-corrected chi connectivity index (χ0v) is 11.2. The zero-order chi connectivity index (χ0) is 12.8. The van der Waals surface area contributed by atoms with E-state index in [0.717, 1.165) is 12.8 Å². The summed E-state index contributed by atoms with van der Waals surface area (Å²) in [6.07, 6.45) is 1.83. The fourth-order valence-corrected chi connectivity index (χ4v) is 1.62. The summed E-state index contributed by atoms with van der Waals surface area (Å²) in [5.74, 6) is 0.0686. The minimum atomic E-state index is -0.195. The number of nitrogens with one attached hydrogen (secondary N) is 1. The van der Waals surface area contributed by atoms with E-state index in [1.807, 2.05) is 6.92 Å². The molecule has 0 aromatic rings. The van der Waals surface area contributed by atoms with Gasteiger partial charge in [-0.2, -0.15) is 0 Å². The van der Waals surface area contributed by atoms with Gasteiger partial charge in [-0.25, -0.2) is 0 Å². The minimum Gasteiger partial charge on any atom is -0.396 e. The van der Waals surface area contributed by atoms with Crippen LogP contribution in [-0.4, -0.2) is 49.2 Å². The van der Waals surface area contributed by atoms with Crippen molar-refractivity contribution in [3.63, 3.8) is 0 Å². The lowest BCUT2D eigenvalue weighted by Gasteiger charge is -2.31. The molecule has 0 aliphatic rings. The van der Waals surface area contributed by atoms with Crippen LogP contribution in [0.15, 0.2) is 0 Å². The first-order valence-electron chi connectivity index (χ1n) is 5.98. The molecule has 1 amide bonds. The average molecular weight is 230 g/mol. The Balaban J connectivity index is 4.26. The number of likely N-dealkylation sites (N-methyl/N-ethyl adjacent to an activating group) is 1. The second-order valence-electron chi connectivity index (χ2n) is 4.70. The van der Waals surface area contributed by atoms with Crippen LogP contribution < -0.4 is 5.32 Å². The largest absolute Gasteiger partial charge is 0.396 e. The van der Waals surface area contributed by atoms with Gasteiger partial charge in [0.15, 0.2) is 0 Å². The summed E-state index contributed by atoms with van der Waals surface area (Å²) in [5, 5.41) is 12.6. The Morgan fingerprint density at radius 1 is 1.38 bits per heavy atom. The third-order valence-electron chi connectivity index (χ3n) is 3.43. The van der Waals surface area contributed by atoms with E-state index in [1.165, 1.54) is 0 Å². The third-order valence-corrected chi connectivity index (χ3v) is 3.43. The third kappa shape index (κ3) is 4.10. The highest BCUT2D eigenvalue weighted by Gasteiger charge is 2.26. The number of aliphatic hydroxyl groups is 1. The molecule has 0 aromatic heterocycles. The summed E-state index contributed by atoms with van der Waals surface area (Å²) < 4.78 is 0. The van der Waals surface area contributed by atoms with E-state index in [9.17, 15) is 9.90 Å². The van der Waals surface area contributed by atoms with Crippen molar-refractivity contribution in [1.29, 1.82) is 0 Å². The number of carbonyl (C=O) groups is 1. The zero-order valence-electron chi connectivity index (χ0n) is 11.2. The Morgan fingerprint density at radius 3 is 2.19 bits per heavy atom. The molecule has 0 aromatic carbocycles. The fraction of sp³-hybridized carbons (Fsp3) is 0.917. The molecule has 96 valence electrons. The number of hydrogen-bond acceptors (Lipinski definition) is 3. The molecule has 0 saturated carbocycles. The Hall–Kier alpha value is -0.610. The van der Waals surface area contributed by atoms with E-state index in [-0.39, 0.29) is 24.0 Å². The van der Waals surface area contributed by atoms with Gasteiger partial charge >= 0.3 is 0 Å². The van der Waals surface area contributed by atoms with E-state index >= 15 is 0 Å². The van der Waals surface area contributed by atoms with Gasteiger partial charge in [-0.3, -0.25) is 4.79 Å². The number of rotatable bonds is 7. The molecule has 0 fully saturated rings. The topological polar surface area (TPSA) is 52.6 Å². The Bertz CT molecular complexity index is 205. The summed E-state index contributed by atoms with van der Waals surface area (Å²) in [7, 11) is 3.50. The highest BCUT2D eigenvalue weighted by molar-refractivity contribution is 5.80. The molecule has 0 bridgehead atoms. The van der Waals surface area contributed by atoms with Gasteiger partial charge in [0.25, 0.3) is 0 Å². The van der Waals surface area contributed by atoms with Crippen molar-refractivity contribution in [2.45, 2.75) is 39.7 Å². The molecule has 0 aliphatic carbocycles. The molecule has 0 heterocycles. The van der Waals surface area contributed by atoms with Crippen LogP contribution in [-0.2, 0) is 4.79 Å². The minimum absolute atomic E-state index is 0.0686. The van der Waals surface area contributed by atoms with Gasteiger partial charge in [0.1, 0.15) is 0 Å². The van der Waals surface area contributed by atoms with Gasteiger partial charge in [0, 0.05) is 32.7 Å². The van der Waals surface area contributed by atoms with E-state index < -0.39 is 0 Å². The molecule has 1 unspecified atom stereocenters. The molecule has 0 rings (SSSR count). The lowest BCUT2D eigenvalue weighted by molar-refractivity contribution is -0.130. The molecule has 0 aliphatic heterocycles. The lowest BCUT2D eigenvalue weighted by atomic mass is 9.83. The van der Waals surface area contributed by atoms with Crippen LogP contribution in [0.2, 0.25) is 0 Å². The Labute approximate surface area is 99.0 Å². The first-order chi connectivity index (χ1) is 7.42. The van der Waals surface area contributed by atoms with Crippen LogP contribution in [0, 0.1) is 5.41 Å². The predicted octanol–water partition coefficient (Wildman–Crippen LogP) is 0.851. The van der Waals surface area contributed by atoms with Crippen LogP contribution in [0.5, 0.6) is 0 Å². The predicted molar refractivity (Wildman–Crippen MR) is 66.3 cm³/mol. The van der Waals surface area contributed by atoms with Crippen molar-refractivity contribution in [3.05, 3.63) is 0 Å². The molecular weight excluding hydrogens is 204 g/mol. The van der Waals surface area contributed by atoms with Gasteiger partial charge < -0.3 is 15.3 Å². The molecule has 1 atom stereocenters. The smallest absolute Gasteiger partial charge is 0.238 e. The molecule has 16 heavy (non-hydrogen) atoms. The highest BCUT2D eigenvalue weighted by Crippen LogP contribution is 2.24. The van der Waals surface area contributed by atoms with Crippen LogP contribution in [0.1, 0.15) is 33.6 Å². The average Bonchev–Trinajstić information content (AvgIpc) is 2.30. The molecule has 4 nitrogen and oxygen atoms in total. The van der Waals surface area contributed by atoms with Crippen LogP contribution in [0.4, 0.5) is 0 Å². The van der Waals surface area contributed by atoms with Gasteiger partial charge in [0.2, 0.25) is 5.91 Å². The number of nitrogens with zero attached hydrogens (tertiary/aromatic N) is 1. The normalized spacial score (nSPS) is 13.6. The maximum atomic E-state index is 11.6. The molecule has 0 radical (unpaired) electrons. The number of hydrogen-bond donors (Lipinski definition) is 2. The Morgan fingerprint density at radius 2 is 1.88 bits per heavy atom. The van der Waals surface area contributed by atoms with Gasteiger partial charge in [-0.15, -0.1) is 0 Å². The van der Waals surface area contributed by atoms with Crippen molar-refractivity contribution in [1.82, 2.24) is 10.2 Å². The number of aliphatic hydroxyl groups excluding tert-OH is 1. The summed E-state index contributed by atoms with van der Waals surface area (Å²) in [6, 6.07) is -0.195. The number of carbonyl (C=O) groups excluding carboxylic acids is 1. The quantitative estimate of drug-likeness (QED) is 0.682. The Kier molecular flexibility index (Phi) is 6.60. The van der Waals surface area contributed by atoms with E-state index in [4.69, 9.17) is 0 Å². The van der Waals surface area contributed by atoms with Crippen molar-refractivity contribution in [2.75, 3.05) is 27.2 Å². The van der Waals surface area contributed by atoms with Gasteiger partial charge in [-0.05, 0) is 19.8 Å². The monoisotopic (exact) mass is 230 g/mol. The van der Waals surface area contributed by atoms with Crippen LogP contribution in [0.3, 0.4) is 0 Å². The van der Waals surface area contributed by atoms with Crippen LogP contribution >= 0.6 is 0 Å². The molecule has 0 saturated heterocycles. The van der Waals surface area contributed by atoms with E-state index in [1.54, 1.807) is 19.0 Å². The molecule has 4 heteroatoms. The summed E-state index contributed by atoms with van der Waals surface area (Å²) in [4.78, 5) is 13.2. The summed E-state index contributed by atoms with van der Waals surface area (Å²) in [5.41, 5.74) is -0.0964. The molecule has 2 N–H and O–H groups in total. The second-order valence-corrected chi connectivity index (χ2v) is 4.70. The van der Waals surface area contributed by atoms with Gasteiger partial charge in [0.05, 0.1) is 6.04 Å². The van der Waals surface area contributed by atoms with Crippen molar-refractivity contribution >= 4 is 5.91 Å². The van der Waals surface area contributed by atoms with Crippen molar-refractivity contribution < 1.29 is 9.90 Å². The van der Waals surface area contributed by atoms with E-state index in [0.29, 0.717) is 6.54 Å². The highest BCUT2D eigenvalue weighted by atomic mass is 16.3. The second kappa shape index (κ2) is 6.86. The first-order valence-corrected chi connectivity index (χ1v) is 5.98. The summed E-state index contributed by atoms with van der Waals surface area (Å²) >= 11 is 0. The lowest BCUT2D eigenvalue weighted by Crippen LogP contribution is -2.46. The van der Waals surface area contributed by atoms with Crippen LogP contribution in [0.25, 0.3) is 0 Å². The molecule has 0 spiro atoms. The molecular formula is C12H26N2O2. The first kappa shape index (κ1) is 15.4.